The minimum atomic E-state index is -0.248. The predicted molar refractivity (Wildman–Crippen MR) is 85.7 cm³/mol. The molecule has 0 amide bonds. The van der Waals surface area contributed by atoms with Crippen LogP contribution in [0.4, 0.5) is 0 Å². The number of nitrogens with zero attached hydrogens (tertiary/aromatic N) is 1. The third-order valence-corrected chi connectivity index (χ3v) is 3.67. The van der Waals surface area contributed by atoms with Gasteiger partial charge in [0.05, 0.1) is 7.11 Å². The topological polar surface area (TPSA) is 79.9 Å². The fourth-order valence-corrected chi connectivity index (χ4v) is 2.10. The Hall–Kier alpha value is -1.75. The highest BCUT2D eigenvalue weighted by Crippen LogP contribution is 2.23. The Labute approximate surface area is 127 Å². The van der Waals surface area contributed by atoms with Crippen LogP contribution in [0.3, 0.4) is 0 Å². The second kappa shape index (κ2) is 8.52. The fourth-order valence-electron chi connectivity index (χ4n) is 2.10. The molecule has 0 heterocycles. The van der Waals surface area contributed by atoms with Crippen molar-refractivity contribution in [1.29, 1.82) is 0 Å². The van der Waals surface area contributed by atoms with Gasteiger partial charge in [-0.3, -0.25) is 0 Å². The van der Waals surface area contributed by atoms with Gasteiger partial charge in [-0.1, -0.05) is 37.6 Å². The molecule has 4 N–H and O–H groups in total. The average molecular weight is 293 g/mol. The smallest absolute Gasteiger partial charge is 0.144 e. The summed E-state index contributed by atoms with van der Waals surface area (Å²) in [6.07, 6.45) is 3.00. The van der Waals surface area contributed by atoms with Crippen molar-refractivity contribution in [3.8, 4) is 5.75 Å². The van der Waals surface area contributed by atoms with E-state index >= 15 is 0 Å². The summed E-state index contributed by atoms with van der Waals surface area (Å²) in [5.74, 6) is 1.18. The van der Waals surface area contributed by atoms with Crippen LogP contribution in [0, 0.1) is 5.41 Å². The number of nitrogens with one attached hydrogen (secondary N) is 1. The molecule has 0 aromatic heterocycles. The first-order valence-corrected chi connectivity index (χ1v) is 7.31. The molecule has 0 saturated heterocycles. The maximum absolute atomic E-state index is 8.72. The van der Waals surface area contributed by atoms with E-state index in [1.54, 1.807) is 7.11 Å². The number of hydrogen-bond donors (Lipinski definition) is 3. The van der Waals surface area contributed by atoms with Gasteiger partial charge in [0.1, 0.15) is 11.6 Å². The lowest BCUT2D eigenvalue weighted by Gasteiger charge is -2.22. The number of ether oxygens (including phenoxy) is 1. The number of benzene rings is 1. The standard InChI is InChI=1S/C16H27N3O2/c1-16(2,15(17)19-20)9-4-5-10-18-12-13-7-6-8-14(11-13)21-3/h6-8,11,18,20H,4-5,9-10,12H2,1-3H3,(H2,17,19). The number of methoxy groups -OCH3 is 1. The SMILES string of the molecule is COc1cccc(CNCCCCC(C)(C)/C(N)=N/O)c1. The van der Waals surface area contributed by atoms with Crippen molar-refractivity contribution in [2.24, 2.45) is 16.3 Å². The molecule has 0 aliphatic rings. The summed E-state index contributed by atoms with van der Waals surface area (Å²) in [6, 6.07) is 8.06. The Morgan fingerprint density at radius 1 is 1.38 bits per heavy atom. The third-order valence-electron chi connectivity index (χ3n) is 3.67. The van der Waals surface area contributed by atoms with E-state index in [0.717, 1.165) is 38.1 Å². The number of oxime groups is 1. The lowest BCUT2D eigenvalue weighted by atomic mass is 9.86. The monoisotopic (exact) mass is 293 g/mol. The maximum atomic E-state index is 8.72. The van der Waals surface area contributed by atoms with Gasteiger partial charge in [0, 0.05) is 12.0 Å². The van der Waals surface area contributed by atoms with Crippen LogP contribution in [0.25, 0.3) is 0 Å². The molecule has 5 nitrogen and oxygen atoms in total. The highest BCUT2D eigenvalue weighted by Gasteiger charge is 2.22. The molecule has 0 fully saturated rings. The second-order valence-electron chi connectivity index (χ2n) is 5.85. The average Bonchev–Trinajstić information content (AvgIpc) is 2.50. The van der Waals surface area contributed by atoms with Gasteiger partial charge in [-0.25, -0.2) is 0 Å². The summed E-state index contributed by atoms with van der Waals surface area (Å²) in [7, 11) is 1.68. The van der Waals surface area contributed by atoms with Crippen LogP contribution in [-0.4, -0.2) is 24.7 Å². The van der Waals surface area contributed by atoms with Crippen LogP contribution >= 0.6 is 0 Å². The van der Waals surface area contributed by atoms with Gasteiger partial charge < -0.3 is 21.0 Å². The minimum absolute atomic E-state index is 0.248. The van der Waals surface area contributed by atoms with Crippen LogP contribution in [0.5, 0.6) is 5.75 Å². The number of hydrogen-bond acceptors (Lipinski definition) is 4. The van der Waals surface area contributed by atoms with E-state index in [-0.39, 0.29) is 5.41 Å². The molecule has 5 heteroatoms. The molecule has 0 spiro atoms. The molecular formula is C16H27N3O2. The number of nitrogens with two attached hydrogens (primary N) is 1. The van der Waals surface area contributed by atoms with Crippen molar-refractivity contribution >= 4 is 5.84 Å². The van der Waals surface area contributed by atoms with Gasteiger partial charge in [-0.2, -0.15) is 0 Å². The molecule has 1 rings (SSSR count). The molecule has 1 aromatic carbocycles. The normalized spacial score (nSPS) is 12.4. The highest BCUT2D eigenvalue weighted by atomic mass is 16.5. The van der Waals surface area contributed by atoms with Crippen molar-refractivity contribution in [3.63, 3.8) is 0 Å². The summed E-state index contributed by atoms with van der Waals surface area (Å²) >= 11 is 0. The van der Waals surface area contributed by atoms with Crippen molar-refractivity contribution in [3.05, 3.63) is 29.8 Å². The Kier molecular flexibility index (Phi) is 7.02. The van der Waals surface area contributed by atoms with E-state index in [9.17, 15) is 0 Å². The molecule has 0 unspecified atom stereocenters. The van der Waals surface area contributed by atoms with E-state index in [1.807, 2.05) is 32.0 Å². The summed E-state index contributed by atoms with van der Waals surface area (Å²) in [4.78, 5) is 0. The molecule has 1 aromatic rings. The second-order valence-corrected chi connectivity index (χ2v) is 5.85. The molecular weight excluding hydrogens is 266 g/mol. The summed E-state index contributed by atoms with van der Waals surface area (Å²) in [5, 5.41) is 15.2. The molecule has 0 aliphatic carbocycles. The van der Waals surface area contributed by atoms with Gasteiger partial charge in [0.15, 0.2) is 0 Å². The van der Waals surface area contributed by atoms with Crippen LogP contribution in [0.1, 0.15) is 38.7 Å². The molecule has 0 radical (unpaired) electrons. The number of unbranched alkanes of at least 4 members (excludes halogenated alkanes) is 1. The molecule has 0 bridgehead atoms. The zero-order chi connectivity index (χ0) is 15.7. The highest BCUT2D eigenvalue weighted by molar-refractivity contribution is 5.85. The molecule has 0 aliphatic heterocycles. The number of rotatable bonds is 9. The Bertz CT molecular complexity index is 459. The van der Waals surface area contributed by atoms with Crippen molar-refractivity contribution in [1.82, 2.24) is 5.32 Å². The van der Waals surface area contributed by atoms with E-state index < -0.39 is 0 Å². The predicted octanol–water partition coefficient (Wildman–Crippen LogP) is 2.73. The van der Waals surface area contributed by atoms with Crippen molar-refractivity contribution in [2.45, 2.75) is 39.7 Å². The lowest BCUT2D eigenvalue weighted by Crippen LogP contribution is -2.32. The third kappa shape index (κ3) is 6.04. The van der Waals surface area contributed by atoms with Crippen LogP contribution < -0.4 is 15.8 Å². The van der Waals surface area contributed by atoms with Gasteiger partial charge in [-0.05, 0) is 37.1 Å². The number of amidine groups is 1. The molecule has 21 heavy (non-hydrogen) atoms. The van der Waals surface area contributed by atoms with Gasteiger partial charge in [0.25, 0.3) is 0 Å². The first-order valence-electron chi connectivity index (χ1n) is 7.31. The molecule has 0 atom stereocenters. The van der Waals surface area contributed by atoms with Crippen molar-refractivity contribution in [2.75, 3.05) is 13.7 Å². The largest absolute Gasteiger partial charge is 0.497 e. The van der Waals surface area contributed by atoms with E-state index in [2.05, 4.69) is 16.5 Å². The fraction of sp³-hybridized carbons (Fsp3) is 0.562. The minimum Gasteiger partial charge on any atom is -0.497 e. The first-order chi connectivity index (χ1) is 9.99. The summed E-state index contributed by atoms with van der Waals surface area (Å²) < 4.78 is 5.20. The quantitative estimate of drug-likeness (QED) is 0.215. The molecule has 118 valence electrons. The maximum Gasteiger partial charge on any atom is 0.144 e. The van der Waals surface area contributed by atoms with Crippen molar-refractivity contribution < 1.29 is 9.94 Å². The van der Waals surface area contributed by atoms with Gasteiger partial charge in [0.2, 0.25) is 0 Å². The Balaban J connectivity index is 2.20. The lowest BCUT2D eigenvalue weighted by molar-refractivity contribution is 0.304. The van der Waals surface area contributed by atoms with Gasteiger partial charge >= 0.3 is 0 Å². The van der Waals surface area contributed by atoms with Crippen LogP contribution in [-0.2, 0) is 6.54 Å². The van der Waals surface area contributed by atoms with E-state index in [1.165, 1.54) is 5.56 Å². The first kappa shape index (κ1) is 17.3. The Morgan fingerprint density at radius 2 is 2.14 bits per heavy atom. The van der Waals surface area contributed by atoms with Gasteiger partial charge in [-0.15, -0.1) is 0 Å². The molecule has 0 saturated carbocycles. The van der Waals surface area contributed by atoms with E-state index in [0.29, 0.717) is 5.84 Å². The summed E-state index contributed by atoms with van der Waals surface area (Å²) in [5.41, 5.74) is 6.63. The zero-order valence-corrected chi connectivity index (χ0v) is 13.2. The summed E-state index contributed by atoms with van der Waals surface area (Å²) in [6.45, 7) is 5.77. The zero-order valence-electron chi connectivity index (χ0n) is 13.2. The van der Waals surface area contributed by atoms with Crippen LogP contribution in [0.15, 0.2) is 29.4 Å². The van der Waals surface area contributed by atoms with Crippen LogP contribution in [0.2, 0.25) is 0 Å². The van der Waals surface area contributed by atoms with E-state index in [4.69, 9.17) is 15.7 Å². The Morgan fingerprint density at radius 3 is 2.81 bits per heavy atom.